The van der Waals surface area contributed by atoms with Crippen molar-refractivity contribution in [1.29, 1.82) is 0 Å². The highest BCUT2D eigenvalue weighted by Gasteiger charge is 2.35. The van der Waals surface area contributed by atoms with Crippen molar-refractivity contribution in [1.82, 2.24) is 5.32 Å². The van der Waals surface area contributed by atoms with Crippen LogP contribution in [0.3, 0.4) is 0 Å². The number of allylic oxidation sites excluding steroid dienone is 1. The van der Waals surface area contributed by atoms with Gasteiger partial charge in [-0.1, -0.05) is 36.4 Å². The molecule has 5 heteroatoms. The third kappa shape index (κ3) is 4.98. The van der Waals surface area contributed by atoms with Gasteiger partial charge < -0.3 is 19.5 Å². The van der Waals surface area contributed by atoms with E-state index in [-0.39, 0.29) is 11.3 Å². The van der Waals surface area contributed by atoms with E-state index < -0.39 is 0 Å². The van der Waals surface area contributed by atoms with Gasteiger partial charge in [-0.25, -0.2) is 0 Å². The molecule has 1 N–H and O–H groups in total. The summed E-state index contributed by atoms with van der Waals surface area (Å²) in [5.41, 5.74) is 2.92. The van der Waals surface area contributed by atoms with Gasteiger partial charge in [0.25, 0.3) is 0 Å². The van der Waals surface area contributed by atoms with Gasteiger partial charge in [-0.3, -0.25) is 4.79 Å². The number of benzene rings is 2. The molecule has 0 aromatic heterocycles. The summed E-state index contributed by atoms with van der Waals surface area (Å²) in [4.78, 5) is 12.6. The Kier molecular flexibility index (Phi) is 6.94. The van der Waals surface area contributed by atoms with Gasteiger partial charge in [0, 0.05) is 31.2 Å². The molecule has 1 fully saturated rings. The van der Waals surface area contributed by atoms with Gasteiger partial charge in [0.1, 0.15) is 0 Å². The fourth-order valence-electron chi connectivity index (χ4n) is 3.78. The third-order valence-corrected chi connectivity index (χ3v) is 5.62. The lowest BCUT2D eigenvalue weighted by Crippen LogP contribution is -2.44. The van der Waals surface area contributed by atoms with Crippen LogP contribution in [0, 0.1) is 0 Å². The van der Waals surface area contributed by atoms with Gasteiger partial charge in [-0.15, -0.1) is 0 Å². The average Bonchev–Trinajstić information content (AvgIpc) is 2.78. The van der Waals surface area contributed by atoms with E-state index in [1.54, 1.807) is 20.3 Å². The lowest BCUT2D eigenvalue weighted by atomic mass is 9.74. The van der Waals surface area contributed by atoms with Gasteiger partial charge in [0.05, 0.1) is 14.2 Å². The van der Waals surface area contributed by atoms with Gasteiger partial charge in [-0.2, -0.15) is 0 Å². The molecule has 0 unspecified atom stereocenters. The fraction of sp³-hybridized carbons (Fsp3) is 0.375. The lowest BCUT2D eigenvalue weighted by molar-refractivity contribution is -0.117. The fourth-order valence-corrected chi connectivity index (χ4v) is 3.78. The van der Waals surface area contributed by atoms with Crippen molar-refractivity contribution < 1.29 is 19.0 Å². The average molecular weight is 395 g/mol. The van der Waals surface area contributed by atoms with Crippen molar-refractivity contribution in [2.75, 3.05) is 34.0 Å². The first-order valence-corrected chi connectivity index (χ1v) is 9.90. The second-order valence-corrected chi connectivity index (χ2v) is 7.37. The minimum atomic E-state index is -0.193. The Balaban J connectivity index is 1.78. The molecule has 1 heterocycles. The van der Waals surface area contributed by atoms with Crippen LogP contribution in [0.25, 0.3) is 5.57 Å². The van der Waals surface area contributed by atoms with E-state index in [1.807, 2.05) is 49.4 Å². The summed E-state index contributed by atoms with van der Waals surface area (Å²) in [6.45, 7) is 3.84. The summed E-state index contributed by atoms with van der Waals surface area (Å²) in [5.74, 6) is 1.31. The normalized spacial score (nSPS) is 16.2. The summed E-state index contributed by atoms with van der Waals surface area (Å²) >= 11 is 0. The predicted octanol–water partition coefficient (Wildman–Crippen LogP) is 3.97. The molecule has 5 nitrogen and oxygen atoms in total. The molecule has 0 spiro atoms. The Bertz CT molecular complexity index is 854. The molecular formula is C24H29NO4. The van der Waals surface area contributed by atoms with E-state index in [1.165, 1.54) is 0 Å². The molecule has 1 amide bonds. The van der Waals surface area contributed by atoms with E-state index in [9.17, 15) is 4.79 Å². The Labute approximate surface area is 172 Å². The van der Waals surface area contributed by atoms with Crippen LogP contribution in [-0.4, -0.2) is 39.9 Å². The first kappa shape index (κ1) is 20.9. The van der Waals surface area contributed by atoms with Crippen molar-refractivity contribution in [3.63, 3.8) is 0 Å². The molecule has 29 heavy (non-hydrogen) atoms. The monoisotopic (exact) mass is 395 g/mol. The molecule has 0 aliphatic carbocycles. The molecular weight excluding hydrogens is 366 g/mol. The van der Waals surface area contributed by atoms with Crippen LogP contribution in [0.15, 0.2) is 54.6 Å². The highest BCUT2D eigenvalue weighted by molar-refractivity contribution is 5.94. The minimum absolute atomic E-state index is 0.0855. The number of hydrogen-bond acceptors (Lipinski definition) is 4. The maximum absolute atomic E-state index is 12.6. The summed E-state index contributed by atoms with van der Waals surface area (Å²) < 4.78 is 16.5. The summed E-state index contributed by atoms with van der Waals surface area (Å²) in [6.07, 6.45) is 3.34. The molecule has 0 bridgehead atoms. The van der Waals surface area contributed by atoms with Gasteiger partial charge >= 0.3 is 0 Å². The molecule has 1 aliphatic heterocycles. The molecule has 0 atom stereocenters. The quantitative estimate of drug-likeness (QED) is 0.721. The molecule has 0 radical (unpaired) electrons. The number of ether oxygens (including phenoxy) is 3. The Morgan fingerprint density at radius 3 is 2.41 bits per heavy atom. The molecule has 2 aromatic carbocycles. The largest absolute Gasteiger partial charge is 0.493 e. The SMILES string of the molecule is COc1ccc(C2(CNC(=O)/C=C(/C)c3ccccc3)CCOCC2)cc1OC. The molecule has 0 saturated carbocycles. The Morgan fingerprint density at radius 2 is 1.76 bits per heavy atom. The van der Waals surface area contributed by atoms with Crippen molar-refractivity contribution in [2.45, 2.75) is 25.2 Å². The van der Waals surface area contributed by atoms with Crippen LogP contribution in [0.4, 0.5) is 0 Å². The van der Waals surface area contributed by atoms with E-state index >= 15 is 0 Å². The van der Waals surface area contributed by atoms with Crippen LogP contribution in [0.2, 0.25) is 0 Å². The molecule has 2 aromatic rings. The number of methoxy groups -OCH3 is 2. The van der Waals surface area contributed by atoms with E-state index in [0.29, 0.717) is 31.3 Å². The third-order valence-electron chi connectivity index (χ3n) is 5.62. The van der Waals surface area contributed by atoms with Crippen LogP contribution >= 0.6 is 0 Å². The van der Waals surface area contributed by atoms with Crippen LogP contribution < -0.4 is 14.8 Å². The van der Waals surface area contributed by atoms with E-state index in [0.717, 1.165) is 29.5 Å². The van der Waals surface area contributed by atoms with Gasteiger partial charge in [0.2, 0.25) is 5.91 Å². The maximum atomic E-state index is 12.6. The minimum Gasteiger partial charge on any atom is -0.493 e. The summed E-state index contributed by atoms with van der Waals surface area (Å²) in [6, 6.07) is 15.9. The number of hydrogen-bond donors (Lipinski definition) is 1. The number of carbonyl (C=O) groups is 1. The van der Waals surface area contributed by atoms with Crippen molar-refractivity contribution >= 4 is 11.5 Å². The highest BCUT2D eigenvalue weighted by Crippen LogP contribution is 2.38. The standard InChI is InChI=1S/C24H29NO4/c1-18(19-7-5-4-6-8-19)15-23(26)25-17-24(11-13-29-14-12-24)20-9-10-21(27-2)22(16-20)28-3/h4-10,15-16H,11-14,17H2,1-3H3,(H,25,26)/b18-15-. The molecule has 154 valence electrons. The zero-order chi connectivity index (χ0) is 20.7. The second-order valence-electron chi connectivity index (χ2n) is 7.37. The lowest BCUT2D eigenvalue weighted by Gasteiger charge is -2.38. The molecule has 3 rings (SSSR count). The van der Waals surface area contributed by atoms with Crippen LogP contribution in [0.1, 0.15) is 30.9 Å². The highest BCUT2D eigenvalue weighted by atomic mass is 16.5. The summed E-state index contributed by atoms with van der Waals surface area (Å²) in [5, 5.41) is 3.12. The first-order chi connectivity index (χ1) is 14.1. The van der Waals surface area contributed by atoms with Gasteiger partial charge in [0.15, 0.2) is 11.5 Å². The number of rotatable bonds is 7. The van der Waals surface area contributed by atoms with E-state index in [2.05, 4.69) is 11.4 Å². The Morgan fingerprint density at radius 1 is 1.07 bits per heavy atom. The van der Waals surface area contributed by atoms with Gasteiger partial charge in [-0.05, 0) is 48.6 Å². The molecule has 1 aliphatic rings. The zero-order valence-electron chi connectivity index (χ0n) is 17.4. The van der Waals surface area contributed by atoms with Crippen molar-refractivity contribution in [3.8, 4) is 11.5 Å². The zero-order valence-corrected chi connectivity index (χ0v) is 17.4. The number of nitrogens with one attached hydrogen (secondary N) is 1. The van der Waals surface area contributed by atoms with Crippen LogP contribution in [-0.2, 0) is 14.9 Å². The summed E-state index contributed by atoms with van der Waals surface area (Å²) in [7, 11) is 3.26. The van der Waals surface area contributed by atoms with Crippen molar-refractivity contribution in [3.05, 3.63) is 65.7 Å². The number of carbonyl (C=O) groups excluding carboxylic acids is 1. The maximum Gasteiger partial charge on any atom is 0.244 e. The topological polar surface area (TPSA) is 56.8 Å². The molecule has 1 saturated heterocycles. The second kappa shape index (κ2) is 9.61. The van der Waals surface area contributed by atoms with E-state index in [4.69, 9.17) is 14.2 Å². The Hall–Kier alpha value is -2.79. The first-order valence-electron chi connectivity index (χ1n) is 9.90. The number of amides is 1. The van der Waals surface area contributed by atoms with Crippen molar-refractivity contribution in [2.24, 2.45) is 0 Å². The van der Waals surface area contributed by atoms with Crippen LogP contribution in [0.5, 0.6) is 11.5 Å². The predicted molar refractivity (Wildman–Crippen MR) is 114 cm³/mol. The smallest absolute Gasteiger partial charge is 0.244 e.